The molecule has 5 aromatic carbocycles. The Balaban J connectivity index is 1.54. The Morgan fingerprint density at radius 3 is 1.41 bits per heavy atom. The molecule has 1 aliphatic rings. The lowest BCUT2D eigenvalue weighted by Crippen LogP contribution is -2.16. The average molecular weight is 653 g/mol. The number of nitrogens with zero attached hydrogens (tertiary/aromatic N) is 2. The van der Waals surface area contributed by atoms with Crippen molar-refractivity contribution in [3.8, 4) is 11.5 Å². The van der Waals surface area contributed by atoms with Crippen molar-refractivity contribution in [2.45, 2.75) is 92.4 Å². The number of anilines is 6. The molecular formula is C45H52N2O2. The first-order chi connectivity index (χ1) is 23.0. The molecule has 0 saturated carbocycles. The van der Waals surface area contributed by atoms with Gasteiger partial charge in [0.1, 0.15) is 0 Å². The van der Waals surface area contributed by atoms with E-state index in [0.717, 1.165) is 45.6 Å². The highest BCUT2D eigenvalue weighted by Crippen LogP contribution is 2.45. The second-order valence-corrected chi connectivity index (χ2v) is 16.6. The smallest absolute Gasteiger partial charge is 0.231 e. The van der Waals surface area contributed by atoms with Crippen LogP contribution in [-0.4, -0.2) is 6.79 Å². The molecule has 0 N–H and O–H groups in total. The normalized spacial score (nSPS) is 13.0. The fourth-order valence-electron chi connectivity index (χ4n) is 6.49. The van der Waals surface area contributed by atoms with Crippen LogP contribution in [0, 0.1) is 13.8 Å². The zero-order valence-electron chi connectivity index (χ0n) is 31.2. The van der Waals surface area contributed by atoms with Crippen LogP contribution in [0.3, 0.4) is 0 Å². The fourth-order valence-corrected chi connectivity index (χ4v) is 6.49. The van der Waals surface area contributed by atoms with Crippen molar-refractivity contribution in [1.29, 1.82) is 0 Å². The van der Waals surface area contributed by atoms with Crippen molar-refractivity contribution < 1.29 is 9.47 Å². The number of benzene rings is 5. The molecule has 0 saturated heterocycles. The Bertz CT molecular complexity index is 1900. The summed E-state index contributed by atoms with van der Waals surface area (Å²) in [5.41, 5.74) is 13.1. The third-order valence-electron chi connectivity index (χ3n) is 9.46. The molecular weight excluding hydrogens is 601 g/mol. The lowest BCUT2D eigenvalue weighted by Gasteiger charge is -2.32. The van der Waals surface area contributed by atoms with Crippen LogP contribution in [0.4, 0.5) is 34.1 Å². The Hall–Kier alpha value is -4.70. The molecule has 1 heterocycles. The maximum Gasteiger partial charge on any atom is 0.231 e. The van der Waals surface area contributed by atoms with E-state index in [2.05, 4.69) is 183 Å². The van der Waals surface area contributed by atoms with Crippen LogP contribution < -0.4 is 19.3 Å². The molecule has 1 aliphatic heterocycles. The van der Waals surface area contributed by atoms with E-state index in [1.54, 1.807) is 0 Å². The van der Waals surface area contributed by atoms with Gasteiger partial charge in [-0.1, -0.05) is 98.7 Å². The van der Waals surface area contributed by atoms with E-state index >= 15 is 0 Å². The largest absolute Gasteiger partial charge is 0.454 e. The summed E-state index contributed by atoms with van der Waals surface area (Å²) in [6.07, 6.45) is 0. The molecule has 0 fully saturated rings. The van der Waals surface area contributed by atoms with E-state index in [1.807, 2.05) is 6.07 Å². The van der Waals surface area contributed by atoms with Gasteiger partial charge in [0.2, 0.25) is 6.79 Å². The first kappa shape index (κ1) is 34.2. The molecule has 4 nitrogen and oxygen atoms in total. The Kier molecular flexibility index (Phi) is 8.81. The quantitative estimate of drug-likeness (QED) is 0.182. The number of rotatable bonds is 6. The Morgan fingerprint density at radius 2 is 0.898 bits per heavy atom. The summed E-state index contributed by atoms with van der Waals surface area (Å²) < 4.78 is 11.6. The number of aryl methyl sites for hydroxylation is 2. The highest BCUT2D eigenvalue weighted by Gasteiger charge is 2.24. The Morgan fingerprint density at radius 1 is 0.429 bits per heavy atom. The minimum atomic E-state index is 0.0505. The van der Waals surface area contributed by atoms with Crippen molar-refractivity contribution in [2.75, 3.05) is 16.6 Å². The summed E-state index contributed by atoms with van der Waals surface area (Å²) in [6, 6.07) is 38.0. The first-order valence-electron chi connectivity index (χ1n) is 17.4. The van der Waals surface area contributed by atoms with Crippen molar-refractivity contribution in [3.63, 3.8) is 0 Å². The fraction of sp³-hybridized carbons (Fsp3) is 0.333. The van der Waals surface area contributed by atoms with E-state index < -0.39 is 0 Å². The highest BCUT2D eigenvalue weighted by molar-refractivity contribution is 5.85. The van der Waals surface area contributed by atoms with Gasteiger partial charge in [0, 0.05) is 34.5 Å². The van der Waals surface area contributed by atoms with Gasteiger partial charge in [-0.25, -0.2) is 0 Å². The monoisotopic (exact) mass is 652 g/mol. The van der Waals surface area contributed by atoms with Gasteiger partial charge in [-0.3, -0.25) is 0 Å². The van der Waals surface area contributed by atoms with Gasteiger partial charge in [0.15, 0.2) is 11.5 Å². The summed E-state index contributed by atoms with van der Waals surface area (Å²) >= 11 is 0. The van der Waals surface area contributed by atoms with Crippen LogP contribution in [-0.2, 0) is 16.2 Å². The predicted molar refractivity (Wildman–Crippen MR) is 208 cm³/mol. The standard InChI is InChI=1S/C45H52N2O2/c1-30-24-38(46(35-17-12-32(13-18-35)43(3,4)5)36-19-14-33(15-20-36)44(6,7)8)27-39(25-30)47(37-21-23-41-42(28-37)49-29-48-41)40-22-16-34(26-31(40)2)45(9,10)11/h12-28H,29H2,1-11H3. The summed E-state index contributed by atoms with van der Waals surface area (Å²) in [6.45, 7) is 25.0. The van der Waals surface area contributed by atoms with Crippen LogP contribution in [0.2, 0.25) is 0 Å². The average Bonchev–Trinajstić information content (AvgIpc) is 3.49. The summed E-state index contributed by atoms with van der Waals surface area (Å²) in [5, 5.41) is 0. The number of ether oxygens (including phenoxy) is 2. The summed E-state index contributed by atoms with van der Waals surface area (Å²) in [4.78, 5) is 4.73. The van der Waals surface area contributed by atoms with Gasteiger partial charge >= 0.3 is 0 Å². The van der Waals surface area contributed by atoms with E-state index in [9.17, 15) is 0 Å². The van der Waals surface area contributed by atoms with Gasteiger partial charge < -0.3 is 19.3 Å². The molecule has 49 heavy (non-hydrogen) atoms. The molecule has 5 aromatic rings. The minimum absolute atomic E-state index is 0.0505. The maximum atomic E-state index is 5.87. The predicted octanol–water partition coefficient (Wildman–Crippen LogP) is 12.9. The highest BCUT2D eigenvalue weighted by atomic mass is 16.7. The van der Waals surface area contributed by atoms with Gasteiger partial charge in [0.25, 0.3) is 0 Å². The Labute approximate surface area is 294 Å². The first-order valence-corrected chi connectivity index (χ1v) is 17.4. The molecule has 0 bridgehead atoms. The summed E-state index contributed by atoms with van der Waals surface area (Å²) in [7, 11) is 0. The summed E-state index contributed by atoms with van der Waals surface area (Å²) in [5.74, 6) is 1.54. The molecule has 4 heteroatoms. The molecule has 0 radical (unpaired) electrons. The van der Waals surface area contributed by atoms with Gasteiger partial charge in [-0.15, -0.1) is 0 Å². The van der Waals surface area contributed by atoms with E-state index in [-0.39, 0.29) is 23.0 Å². The van der Waals surface area contributed by atoms with Crippen LogP contribution in [0.25, 0.3) is 0 Å². The van der Waals surface area contributed by atoms with Gasteiger partial charge in [-0.2, -0.15) is 0 Å². The van der Waals surface area contributed by atoms with Gasteiger partial charge in [0.05, 0.1) is 5.69 Å². The topological polar surface area (TPSA) is 24.9 Å². The third kappa shape index (κ3) is 7.20. The molecule has 0 amide bonds. The zero-order valence-corrected chi connectivity index (χ0v) is 31.2. The minimum Gasteiger partial charge on any atom is -0.454 e. The second-order valence-electron chi connectivity index (χ2n) is 16.6. The molecule has 0 atom stereocenters. The molecule has 254 valence electrons. The second kappa shape index (κ2) is 12.6. The number of hydrogen-bond donors (Lipinski definition) is 0. The van der Waals surface area contributed by atoms with Crippen LogP contribution in [0.15, 0.2) is 103 Å². The number of hydrogen-bond acceptors (Lipinski definition) is 4. The van der Waals surface area contributed by atoms with Gasteiger partial charge in [-0.05, 0) is 119 Å². The van der Waals surface area contributed by atoms with Crippen molar-refractivity contribution >= 4 is 34.1 Å². The number of fused-ring (bicyclic) bond motifs is 1. The van der Waals surface area contributed by atoms with Crippen molar-refractivity contribution in [3.05, 3.63) is 131 Å². The van der Waals surface area contributed by atoms with Crippen LogP contribution in [0.1, 0.15) is 90.1 Å². The lowest BCUT2D eigenvalue weighted by molar-refractivity contribution is 0.174. The lowest BCUT2D eigenvalue weighted by atomic mass is 9.86. The van der Waals surface area contributed by atoms with Crippen molar-refractivity contribution in [2.24, 2.45) is 0 Å². The molecule has 0 aromatic heterocycles. The van der Waals surface area contributed by atoms with Crippen LogP contribution >= 0.6 is 0 Å². The third-order valence-corrected chi connectivity index (χ3v) is 9.46. The van der Waals surface area contributed by atoms with E-state index in [0.29, 0.717) is 0 Å². The van der Waals surface area contributed by atoms with Crippen molar-refractivity contribution in [1.82, 2.24) is 0 Å². The molecule has 0 spiro atoms. The molecule has 0 aliphatic carbocycles. The van der Waals surface area contributed by atoms with E-state index in [4.69, 9.17) is 9.47 Å². The molecule has 6 rings (SSSR count). The molecule has 0 unspecified atom stereocenters. The SMILES string of the molecule is Cc1cc(N(c2ccc(C(C)(C)C)cc2)c2ccc(C(C)(C)C)cc2)cc(N(c2ccc3c(c2)OCO3)c2ccc(C(C)(C)C)cc2C)c1. The zero-order chi connectivity index (χ0) is 35.3. The maximum absolute atomic E-state index is 5.87. The van der Waals surface area contributed by atoms with E-state index in [1.165, 1.54) is 27.8 Å². The van der Waals surface area contributed by atoms with Crippen LogP contribution in [0.5, 0.6) is 11.5 Å².